The largest absolute Gasteiger partial charge is 0.390 e. The lowest BCUT2D eigenvalue weighted by molar-refractivity contribution is 0.277. The number of fused-ring (bicyclic) bond motifs is 1. The van der Waals surface area contributed by atoms with Gasteiger partial charge in [0.1, 0.15) is 5.69 Å². The van der Waals surface area contributed by atoms with Crippen LogP contribution in [0.2, 0.25) is 0 Å². The second-order valence-corrected chi connectivity index (χ2v) is 7.53. The van der Waals surface area contributed by atoms with Crippen molar-refractivity contribution in [2.24, 2.45) is 0 Å². The molecular weight excluding hydrogens is 397 g/mol. The Balaban J connectivity index is 1.63. The Morgan fingerprint density at radius 1 is 1.19 bits per heavy atom. The van der Waals surface area contributed by atoms with Gasteiger partial charge in [-0.15, -0.1) is 0 Å². The van der Waals surface area contributed by atoms with Crippen LogP contribution in [0, 0.1) is 5.82 Å². The third kappa shape index (κ3) is 3.85. The van der Waals surface area contributed by atoms with Gasteiger partial charge in [-0.1, -0.05) is 6.07 Å². The highest BCUT2D eigenvalue weighted by atomic mass is 19.1. The van der Waals surface area contributed by atoms with Crippen molar-refractivity contribution in [1.29, 1.82) is 0 Å². The molecule has 5 heterocycles. The van der Waals surface area contributed by atoms with Gasteiger partial charge in [0.25, 0.3) is 0 Å². The molecular formula is C22H22FN7O. The van der Waals surface area contributed by atoms with E-state index >= 15 is 4.39 Å². The lowest BCUT2D eigenvalue weighted by atomic mass is 10.1. The van der Waals surface area contributed by atoms with E-state index < -0.39 is 5.82 Å². The van der Waals surface area contributed by atoms with E-state index in [2.05, 4.69) is 30.7 Å². The van der Waals surface area contributed by atoms with Crippen molar-refractivity contribution in [3.63, 3.8) is 0 Å². The maximum Gasteiger partial charge on any atom is 0.191 e. The summed E-state index contributed by atoms with van der Waals surface area (Å²) < 4.78 is 17.3. The van der Waals surface area contributed by atoms with Crippen LogP contribution in [-0.2, 0) is 6.61 Å². The van der Waals surface area contributed by atoms with Crippen molar-refractivity contribution in [2.75, 3.05) is 18.4 Å². The maximum absolute atomic E-state index is 15.5. The Bertz CT molecular complexity index is 1200. The van der Waals surface area contributed by atoms with Gasteiger partial charge in [-0.3, -0.25) is 4.98 Å². The minimum absolute atomic E-state index is 0.0812. The second kappa shape index (κ2) is 8.37. The number of piperidine rings is 1. The minimum Gasteiger partial charge on any atom is -0.390 e. The lowest BCUT2D eigenvalue weighted by Gasteiger charge is -2.25. The summed E-state index contributed by atoms with van der Waals surface area (Å²) in [7, 11) is 0. The number of rotatable bonds is 5. The summed E-state index contributed by atoms with van der Waals surface area (Å²) in [5.74, 6) is 0.0228. The minimum atomic E-state index is -0.524. The number of aliphatic hydroxyl groups is 1. The lowest BCUT2D eigenvalue weighted by Crippen LogP contribution is -2.38. The molecule has 0 unspecified atom stereocenters. The van der Waals surface area contributed by atoms with E-state index in [0.717, 1.165) is 31.4 Å². The van der Waals surface area contributed by atoms with Gasteiger partial charge in [0, 0.05) is 30.5 Å². The molecule has 3 N–H and O–H groups in total. The summed E-state index contributed by atoms with van der Waals surface area (Å²) in [6.45, 7) is 1.53. The highest BCUT2D eigenvalue weighted by Crippen LogP contribution is 2.30. The molecule has 8 nitrogen and oxygen atoms in total. The first kappa shape index (κ1) is 19.5. The van der Waals surface area contributed by atoms with Crippen LogP contribution in [0.15, 0.2) is 48.9 Å². The number of pyridine rings is 2. The van der Waals surface area contributed by atoms with Crippen molar-refractivity contribution < 1.29 is 9.50 Å². The summed E-state index contributed by atoms with van der Waals surface area (Å²) in [5.41, 5.74) is 2.72. The smallest absolute Gasteiger partial charge is 0.191 e. The molecule has 0 aromatic carbocycles. The third-order valence-corrected chi connectivity index (χ3v) is 5.42. The number of hydrogen-bond donors (Lipinski definition) is 3. The molecule has 1 fully saturated rings. The van der Waals surface area contributed by atoms with Gasteiger partial charge < -0.3 is 15.7 Å². The molecule has 0 bridgehead atoms. The fraction of sp³-hybridized carbons (Fsp3) is 0.273. The molecule has 4 aromatic rings. The molecule has 5 rings (SSSR count). The van der Waals surface area contributed by atoms with Crippen LogP contribution in [0.25, 0.3) is 28.2 Å². The van der Waals surface area contributed by atoms with Crippen LogP contribution < -0.4 is 10.6 Å². The first-order valence-electron chi connectivity index (χ1n) is 10.3. The van der Waals surface area contributed by atoms with Crippen LogP contribution in [0.3, 0.4) is 0 Å². The molecule has 0 saturated carbocycles. The fourth-order valence-electron chi connectivity index (χ4n) is 3.79. The van der Waals surface area contributed by atoms with Crippen molar-refractivity contribution in [1.82, 2.24) is 29.9 Å². The second-order valence-electron chi connectivity index (χ2n) is 7.53. The van der Waals surface area contributed by atoms with Crippen LogP contribution in [0.5, 0.6) is 0 Å². The fourth-order valence-corrected chi connectivity index (χ4v) is 3.79. The van der Waals surface area contributed by atoms with Crippen LogP contribution >= 0.6 is 0 Å². The SMILES string of the molecule is OCc1ccc(-c2nc(-c3cnn4ccccc34)nc(N[C@@H]3CCCNC3)c2F)cn1. The Morgan fingerprint density at radius 2 is 2.13 bits per heavy atom. The van der Waals surface area contributed by atoms with Gasteiger partial charge >= 0.3 is 0 Å². The standard InChI is InChI=1S/C22H22FN7O/c23-19-20(14-6-7-16(13-31)25-10-14)28-21(17-12-26-30-9-2-1-5-18(17)30)29-22(19)27-15-4-3-8-24-11-15/h1-2,5-7,9-10,12,15,24,31H,3-4,8,11,13H2,(H,27,28,29)/t15-/m1/s1. The molecule has 0 spiro atoms. The van der Waals surface area contributed by atoms with Gasteiger partial charge in [-0.2, -0.15) is 5.10 Å². The van der Waals surface area contributed by atoms with Gasteiger partial charge in [-0.25, -0.2) is 18.9 Å². The van der Waals surface area contributed by atoms with E-state index in [1.165, 1.54) is 6.20 Å². The zero-order chi connectivity index (χ0) is 21.2. The number of aliphatic hydroxyl groups excluding tert-OH is 1. The van der Waals surface area contributed by atoms with Crippen LogP contribution in [-0.4, -0.2) is 48.8 Å². The van der Waals surface area contributed by atoms with E-state index in [-0.39, 0.29) is 24.2 Å². The summed E-state index contributed by atoms with van der Waals surface area (Å²) in [6.07, 6.45) is 7.00. The number of aromatic nitrogens is 5. The zero-order valence-corrected chi connectivity index (χ0v) is 16.8. The maximum atomic E-state index is 15.5. The summed E-state index contributed by atoms with van der Waals surface area (Å²) in [5, 5.41) is 20.2. The number of hydrogen-bond acceptors (Lipinski definition) is 7. The predicted octanol–water partition coefficient (Wildman–Crippen LogP) is 2.65. The Kier molecular flexibility index (Phi) is 5.27. The highest BCUT2D eigenvalue weighted by molar-refractivity contribution is 5.78. The zero-order valence-electron chi connectivity index (χ0n) is 16.8. The molecule has 9 heteroatoms. The van der Waals surface area contributed by atoms with E-state index in [0.29, 0.717) is 22.6 Å². The molecule has 1 aliphatic heterocycles. The highest BCUT2D eigenvalue weighted by Gasteiger charge is 2.22. The van der Waals surface area contributed by atoms with Crippen LogP contribution in [0.4, 0.5) is 10.2 Å². The number of nitrogens with one attached hydrogen (secondary N) is 2. The van der Waals surface area contributed by atoms with E-state index in [1.807, 2.05) is 24.4 Å². The first-order chi connectivity index (χ1) is 15.2. The van der Waals surface area contributed by atoms with Gasteiger partial charge in [0.05, 0.1) is 29.6 Å². The molecule has 0 aliphatic carbocycles. The molecule has 1 aliphatic rings. The Morgan fingerprint density at radius 3 is 2.90 bits per heavy atom. The van der Waals surface area contributed by atoms with Gasteiger partial charge in [0.15, 0.2) is 17.5 Å². The molecule has 0 amide bonds. The number of anilines is 1. The van der Waals surface area contributed by atoms with E-state index in [1.54, 1.807) is 22.8 Å². The predicted molar refractivity (Wildman–Crippen MR) is 115 cm³/mol. The summed E-state index contributed by atoms with van der Waals surface area (Å²) in [4.78, 5) is 13.3. The van der Waals surface area contributed by atoms with Crippen molar-refractivity contribution in [3.05, 3.63) is 60.4 Å². The molecule has 4 aromatic heterocycles. The first-order valence-corrected chi connectivity index (χ1v) is 10.3. The quantitative estimate of drug-likeness (QED) is 0.457. The molecule has 1 atom stereocenters. The average molecular weight is 419 g/mol. The Labute approximate surface area is 178 Å². The topological polar surface area (TPSA) is 100 Å². The normalized spacial score (nSPS) is 16.5. The number of nitrogens with zero attached hydrogens (tertiary/aromatic N) is 5. The summed E-state index contributed by atoms with van der Waals surface area (Å²) >= 11 is 0. The monoisotopic (exact) mass is 419 g/mol. The number of halogens is 1. The molecule has 1 saturated heterocycles. The van der Waals surface area contributed by atoms with Crippen molar-refractivity contribution in [3.8, 4) is 22.6 Å². The van der Waals surface area contributed by atoms with Gasteiger partial charge in [-0.05, 0) is 43.7 Å². The Hall–Kier alpha value is -3.43. The van der Waals surface area contributed by atoms with E-state index in [4.69, 9.17) is 0 Å². The average Bonchev–Trinajstić information content (AvgIpc) is 3.25. The van der Waals surface area contributed by atoms with E-state index in [9.17, 15) is 5.11 Å². The molecule has 158 valence electrons. The molecule has 0 radical (unpaired) electrons. The summed E-state index contributed by atoms with van der Waals surface area (Å²) in [6, 6.07) is 9.16. The third-order valence-electron chi connectivity index (χ3n) is 5.42. The van der Waals surface area contributed by atoms with Crippen LogP contribution in [0.1, 0.15) is 18.5 Å². The molecule has 31 heavy (non-hydrogen) atoms. The van der Waals surface area contributed by atoms with Crippen molar-refractivity contribution in [2.45, 2.75) is 25.5 Å². The van der Waals surface area contributed by atoms with Crippen molar-refractivity contribution >= 4 is 11.3 Å². The van der Waals surface area contributed by atoms with Gasteiger partial charge in [0.2, 0.25) is 0 Å².